The maximum absolute atomic E-state index is 14.0. The maximum Gasteiger partial charge on any atom is 0.191 e. The highest BCUT2D eigenvalue weighted by molar-refractivity contribution is 14.0. The molecule has 158 valence electrons. The zero-order valence-electron chi connectivity index (χ0n) is 16.9. The average molecular weight is 513 g/mol. The summed E-state index contributed by atoms with van der Waals surface area (Å²) in [5, 5.41) is 6.73. The van der Waals surface area contributed by atoms with E-state index in [-0.39, 0.29) is 35.5 Å². The van der Waals surface area contributed by atoms with Crippen molar-refractivity contribution in [1.29, 1.82) is 0 Å². The zero-order valence-corrected chi connectivity index (χ0v) is 19.2. The molecule has 0 radical (unpaired) electrons. The van der Waals surface area contributed by atoms with Crippen LogP contribution in [0.2, 0.25) is 0 Å². The van der Waals surface area contributed by atoms with Gasteiger partial charge in [0.1, 0.15) is 5.82 Å². The number of pyridine rings is 1. The first-order chi connectivity index (χ1) is 13.7. The molecular weight excluding hydrogens is 484 g/mol. The number of nitrogens with zero attached hydrogens (tertiary/aromatic N) is 3. The predicted octanol–water partition coefficient (Wildman–Crippen LogP) is 3.57. The fourth-order valence-corrected chi connectivity index (χ4v) is 3.29. The summed E-state index contributed by atoms with van der Waals surface area (Å²) in [4.78, 5) is 11.0. The molecule has 8 heteroatoms. The molecule has 1 saturated heterocycles. The van der Waals surface area contributed by atoms with Crippen LogP contribution in [0, 0.1) is 5.82 Å². The molecule has 1 aromatic carbocycles. The number of guanidine groups is 1. The number of nitrogens with one attached hydrogen (secondary N) is 2. The summed E-state index contributed by atoms with van der Waals surface area (Å²) in [7, 11) is 1.75. The summed E-state index contributed by atoms with van der Waals surface area (Å²) in [6.07, 6.45) is 3.85. The second-order valence-corrected chi connectivity index (χ2v) is 6.72. The molecule has 1 aliphatic rings. The molecule has 29 heavy (non-hydrogen) atoms. The summed E-state index contributed by atoms with van der Waals surface area (Å²) >= 11 is 0. The van der Waals surface area contributed by atoms with Crippen molar-refractivity contribution >= 4 is 35.8 Å². The van der Waals surface area contributed by atoms with Crippen LogP contribution in [0.15, 0.2) is 47.6 Å². The monoisotopic (exact) mass is 513 g/mol. The highest BCUT2D eigenvalue weighted by Gasteiger charge is 2.20. The second-order valence-electron chi connectivity index (χ2n) is 6.72. The Morgan fingerprint density at radius 3 is 2.69 bits per heavy atom. The van der Waals surface area contributed by atoms with Crippen LogP contribution in [-0.4, -0.2) is 43.7 Å². The van der Waals surface area contributed by atoms with Crippen molar-refractivity contribution in [2.75, 3.05) is 31.6 Å². The van der Waals surface area contributed by atoms with E-state index < -0.39 is 0 Å². The molecule has 2 heterocycles. The standard InChI is InChI=1S/C21H28FN5O.HI/c1-3-28-19-8-7-16(14-18(19)22)15-25-21(23-2)26-17-9-12-27(13-10-17)20-6-4-5-11-24-20;/h4-8,11,14,17H,3,9-10,12-13,15H2,1-2H3,(H2,23,25,26);1H. The van der Waals surface area contributed by atoms with Crippen molar-refractivity contribution in [2.24, 2.45) is 4.99 Å². The summed E-state index contributed by atoms with van der Waals surface area (Å²) in [6, 6.07) is 11.4. The SMILES string of the molecule is CCOc1ccc(CNC(=NC)NC2CCN(c3ccccn3)CC2)cc1F.I. The van der Waals surface area contributed by atoms with E-state index in [0.29, 0.717) is 19.2 Å². The molecule has 0 spiro atoms. The lowest BCUT2D eigenvalue weighted by molar-refractivity contribution is 0.321. The number of aliphatic imine (C=N–C) groups is 1. The van der Waals surface area contributed by atoms with Crippen LogP contribution in [0.4, 0.5) is 10.2 Å². The molecule has 1 fully saturated rings. The summed E-state index contributed by atoms with van der Waals surface area (Å²) in [5.41, 5.74) is 0.842. The third-order valence-corrected chi connectivity index (χ3v) is 4.79. The van der Waals surface area contributed by atoms with Crippen LogP contribution in [0.5, 0.6) is 5.75 Å². The van der Waals surface area contributed by atoms with Gasteiger partial charge in [0.2, 0.25) is 0 Å². The Bertz CT molecular complexity index is 782. The molecular formula is C21H29FIN5O. The van der Waals surface area contributed by atoms with Crippen molar-refractivity contribution < 1.29 is 9.13 Å². The smallest absolute Gasteiger partial charge is 0.191 e. The van der Waals surface area contributed by atoms with Gasteiger partial charge in [-0.25, -0.2) is 9.37 Å². The van der Waals surface area contributed by atoms with E-state index in [9.17, 15) is 4.39 Å². The summed E-state index contributed by atoms with van der Waals surface area (Å²) in [5.74, 6) is 1.70. The van der Waals surface area contributed by atoms with Gasteiger partial charge in [-0.3, -0.25) is 4.99 Å². The number of hydrogen-bond acceptors (Lipinski definition) is 4. The molecule has 0 atom stereocenters. The summed E-state index contributed by atoms with van der Waals surface area (Å²) in [6.45, 7) is 4.69. The highest BCUT2D eigenvalue weighted by Crippen LogP contribution is 2.19. The van der Waals surface area contributed by atoms with Gasteiger partial charge in [-0.1, -0.05) is 12.1 Å². The van der Waals surface area contributed by atoms with Gasteiger partial charge in [0, 0.05) is 38.9 Å². The van der Waals surface area contributed by atoms with Gasteiger partial charge < -0.3 is 20.3 Å². The Kier molecular flexibility index (Phi) is 9.43. The van der Waals surface area contributed by atoms with E-state index >= 15 is 0 Å². The van der Waals surface area contributed by atoms with E-state index in [0.717, 1.165) is 43.3 Å². The van der Waals surface area contributed by atoms with Gasteiger partial charge in [-0.15, -0.1) is 24.0 Å². The van der Waals surface area contributed by atoms with Gasteiger partial charge >= 0.3 is 0 Å². The van der Waals surface area contributed by atoms with E-state index in [1.165, 1.54) is 6.07 Å². The molecule has 0 unspecified atom stereocenters. The first-order valence-electron chi connectivity index (χ1n) is 9.74. The van der Waals surface area contributed by atoms with Crippen molar-refractivity contribution in [3.63, 3.8) is 0 Å². The molecule has 2 aromatic rings. The number of benzene rings is 1. The Balaban J connectivity index is 0.00000300. The second kappa shape index (κ2) is 11.8. The van der Waals surface area contributed by atoms with E-state index in [1.54, 1.807) is 13.1 Å². The van der Waals surface area contributed by atoms with Crippen LogP contribution in [0.1, 0.15) is 25.3 Å². The topological polar surface area (TPSA) is 61.8 Å². The quantitative estimate of drug-likeness (QED) is 0.352. The lowest BCUT2D eigenvalue weighted by atomic mass is 10.1. The predicted molar refractivity (Wildman–Crippen MR) is 126 cm³/mol. The van der Waals surface area contributed by atoms with Crippen molar-refractivity contribution in [1.82, 2.24) is 15.6 Å². The Morgan fingerprint density at radius 1 is 1.28 bits per heavy atom. The average Bonchev–Trinajstić information content (AvgIpc) is 2.74. The molecule has 0 saturated carbocycles. The highest BCUT2D eigenvalue weighted by atomic mass is 127. The number of aromatic nitrogens is 1. The zero-order chi connectivity index (χ0) is 19.8. The number of anilines is 1. The van der Waals surface area contributed by atoms with Gasteiger partial charge in [-0.2, -0.15) is 0 Å². The Morgan fingerprint density at radius 2 is 2.07 bits per heavy atom. The number of ether oxygens (including phenoxy) is 1. The van der Waals surface area contributed by atoms with Gasteiger partial charge in [0.25, 0.3) is 0 Å². The summed E-state index contributed by atoms with van der Waals surface area (Å²) < 4.78 is 19.2. The van der Waals surface area contributed by atoms with Crippen LogP contribution >= 0.6 is 24.0 Å². The van der Waals surface area contributed by atoms with Crippen LogP contribution < -0.4 is 20.3 Å². The molecule has 0 aliphatic carbocycles. The van der Waals surface area contributed by atoms with Gasteiger partial charge in [-0.05, 0) is 49.6 Å². The third kappa shape index (κ3) is 6.73. The molecule has 1 aromatic heterocycles. The number of rotatable bonds is 6. The van der Waals surface area contributed by atoms with Crippen molar-refractivity contribution in [3.8, 4) is 5.75 Å². The van der Waals surface area contributed by atoms with E-state index in [1.807, 2.05) is 37.4 Å². The lowest BCUT2D eigenvalue weighted by Gasteiger charge is -2.33. The fourth-order valence-electron chi connectivity index (χ4n) is 3.29. The van der Waals surface area contributed by atoms with Gasteiger partial charge in [0.05, 0.1) is 6.61 Å². The molecule has 0 amide bonds. The maximum atomic E-state index is 14.0. The molecule has 3 rings (SSSR count). The van der Waals surface area contributed by atoms with E-state index in [4.69, 9.17) is 4.74 Å². The largest absolute Gasteiger partial charge is 0.491 e. The first kappa shape index (κ1) is 23.2. The lowest BCUT2D eigenvalue weighted by Crippen LogP contribution is -2.48. The Labute approximate surface area is 189 Å². The minimum Gasteiger partial charge on any atom is -0.491 e. The molecule has 2 N–H and O–H groups in total. The van der Waals surface area contributed by atoms with Crippen LogP contribution in [0.25, 0.3) is 0 Å². The van der Waals surface area contributed by atoms with Crippen molar-refractivity contribution in [2.45, 2.75) is 32.4 Å². The fraction of sp³-hybridized carbons (Fsp3) is 0.429. The number of hydrogen-bond donors (Lipinski definition) is 2. The van der Waals surface area contributed by atoms with Crippen LogP contribution in [-0.2, 0) is 6.54 Å². The van der Waals surface area contributed by atoms with Crippen molar-refractivity contribution in [3.05, 3.63) is 54.0 Å². The Hall–Kier alpha value is -2.10. The molecule has 6 nitrogen and oxygen atoms in total. The van der Waals surface area contributed by atoms with Gasteiger partial charge in [0.15, 0.2) is 17.5 Å². The number of piperidine rings is 1. The van der Waals surface area contributed by atoms with Crippen LogP contribution in [0.3, 0.4) is 0 Å². The minimum atomic E-state index is -0.342. The third-order valence-electron chi connectivity index (χ3n) is 4.79. The first-order valence-corrected chi connectivity index (χ1v) is 9.74. The minimum absolute atomic E-state index is 0. The van der Waals surface area contributed by atoms with E-state index in [2.05, 4.69) is 25.5 Å². The number of halogens is 2. The molecule has 0 bridgehead atoms. The normalized spacial score (nSPS) is 14.9. The molecule has 1 aliphatic heterocycles.